The highest BCUT2D eigenvalue weighted by Crippen LogP contribution is 2.35. The number of aryl methyl sites for hydroxylation is 2. The van der Waals surface area contributed by atoms with E-state index < -0.39 is 0 Å². The maximum absolute atomic E-state index is 12.5. The number of hydrogen-bond donors (Lipinski definition) is 2. The predicted octanol–water partition coefficient (Wildman–Crippen LogP) is 4.34. The number of nitrogens with zero attached hydrogens (tertiary/aromatic N) is 1. The van der Waals surface area contributed by atoms with E-state index in [0.29, 0.717) is 6.54 Å². The van der Waals surface area contributed by atoms with Gasteiger partial charge in [-0.1, -0.05) is 59.7 Å². The van der Waals surface area contributed by atoms with Gasteiger partial charge in [-0.3, -0.25) is 9.59 Å². The molecule has 2 N–H and O–H groups in total. The van der Waals surface area contributed by atoms with Crippen LogP contribution in [0.3, 0.4) is 0 Å². The Bertz CT molecular complexity index is 927. The molecule has 0 aromatic heterocycles. The van der Waals surface area contributed by atoms with Crippen LogP contribution in [0.5, 0.6) is 0 Å². The van der Waals surface area contributed by atoms with Crippen molar-refractivity contribution in [1.29, 1.82) is 0 Å². The second-order valence-corrected chi connectivity index (χ2v) is 10.2. The lowest BCUT2D eigenvalue weighted by Crippen LogP contribution is -2.52. The predicted molar refractivity (Wildman–Crippen MR) is 139 cm³/mol. The summed E-state index contributed by atoms with van der Waals surface area (Å²) in [5.74, 6) is -0.0785. The molecule has 1 saturated carbocycles. The van der Waals surface area contributed by atoms with E-state index >= 15 is 0 Å². The molecule has 5 nitrogen and oxygen atoms in total. The molecular weight excluding hydrogens is 422 g/mol. The summed E-state index contributed by atoms with van der Waals surface area (Å²) < 4.78 is 0. The molecule has 0 spiro atoms. The minimum Gasteiger partial charge on any atom is -0.356 e. The van der Waals surface area contributed by atoms with Crippen molar-refractivity contribution in [3.05, 3.63) is 70.8 Å². The van der Waals surface area contributed by atoms with Gasteiger partial charge < -0.3 is 15.5 Å². The summed E-state index contributed by atoms with van der Waals surface area (Å²) in [7, 11) is 4.34. The zero-order valence-corrected chi connectivity index (χ0v) is 21.3. The van der Waals surface area contributed by atoms with E-state index in [1.807, 2.05) is 0 Å². The number of nitrogens with one attached hydrogen (secondary N) is 2. The SMILES string of the molecule is Cc1ccc(CCNC(=O)CCC(=O)NC2CCC(Cc3ccc(C)cc3)(N(C)C)CC2)cc1. The van der Waals surface area contributed by atoms with E-state index in [9.17, 15) is 9.59 Å². The molecule has 3 rings (SSSR count). The molecule has 34 heavy (non-hydrogen) atoms. The summed E-state index contributed by atoms with van der Waals surface area (Å²) in [5, 5.41) is 6.10. The van der Waals surface area contributed by atoms with Crippen LogP contribution >= 0.6 is 0 Å². The Balaban J connectivity index is 1.37. The Morgan fingerprint density at radius 1 is 0.853 bits per heavy atom. The minimum absolute atomic E-state index is 0.0189. The monoisotopic (exact) mass is 463 g/mol. The fourth-order valence-corrected chi connectivity index (χ4v) is 4.88. The topological polar surface area (TPSA) is 61.4 Å². The molecule has 0 saturated heterocycles. The Hall–Kier alpha value is -2.66. The number of likely N-dealkylation sites (N-methyl/N-ethyl adjacent to an activating group) is 1. The largest absolute Gasteiger partial charge is 0.356 e. The second kappa shape index (κ2) is 12.2. The lowest BCUT2D eigenvalue weighted by Gasteiger charge is -2.45. The third-order valence-electron chi connectivity index (χ3n) is 7.32. The van der Waals surface area contributed by atoms with Crippen molar-refractivity contribution in [3.8, 4) is 0 Å². The van der Waals surface area contributed by atoms with Gasteiger partial charge in [0.15, 0.2) is 0 Å². The van der Waals surface area contributed by atoms with Crippen LogP contribution in [0.2, 0.25) is 0 Å². The Morgan fingerprint density at radius 2 is 1.38 bits per heavy atom. The molecule has 1 fully saturated rings. The van der Waals surface area contributed by atoms with E-state index in [4.69, 9.17) is 0 Å². The van der Waals surface area contributed by atoms with Crippen molar-refractivity contribution in [2.24, 2.45) is 0 Å². The van der Waals surface area contributed by atoms with Crippen LogP contribution in [0.1, 0.15) is 60.8 Å². The third kappa shape index (κ3) is 7.69. The Labute approximate surface area is 205 Å². The first-order valence-electron chi connectivity index (χ1n) is 12.6. The van der Waals surface area contributed by atoms with Crippen LogP contribution in [0, 0.1) is 13.8 Å². The number of benzene rings is 2. The standard InChI is InChI=1S/C29H41N3O2/c1-22-5-9-24(10-6-22)17-20-30-27(33)13-14-28(34)31-26-15-18-29(19-16-26,32(3)4)21-25-11-7-23(2)8-12-25/h5-12,26H,13-21H2,1-4H3,(H,30,33)(H,31,34). The molecular formula is C29H41N3O2. The van der Waals surface area contributed by atoms with Crippen molar-refractivity contribution in [1.82, 2.24) is 15.5 Å². The van der Waals surface area contributed by atoms with E-state index in [-0.39, 0.29) is 36.2 Å². The van der Waals surface area contributed by atoms with Gasteiger partial charge in [0.05, 0.1) is 0 Å². The highest BCUT2D eigenvalue weighted by atomic mass is 16.2. The summed E-state index contributed by atoms with van der Waals surface area (Å²) in [6, 6.07) is 17.4. The lowest BCUT2D eigenvalue weighted by atomic mass is 9.74. The van der Waals surface area contributed by atoms with Crippen molar-refractivity contribution in [3.63, 3.8) is 0 Å². The van der Waals surface area contributed by atoms with E-state index in [2.05, 4.69) is 92.0 Å². The van der Waals surface area contributed by atoms with Crippen LogP contribution in [0.15, 0.2) is 48.5 Å². The highest BCUT2D eigenvalue weighted by Gasteiger charge is 2.37. The molecule has 184 valence electrons. The first-order valence-corrected chi connectivity index (χ1v) is 12.6. The number of rotatable bonds is 10. The molecule has 0 atom stereocenters. The second-order valence-electron chi connectivity index (χ2n) is 10.2. The molecule has 2 aromatic carbocycles. The first kappa shape index (κ1) is 26.0. The molecule has 0 heterocycles. The van der Waals surface area contributed by atoms with Gasteiger partial charge in [-0.05, 0) is 77.6 Å². The molecule has 5 heteroatoms. The fourth-order valence-electron chi connectivity index (χ4n) is 4.88. The summed E-state index contributed by atoms with van der Waals surface area (Å²) in [6.07, 6.45) is 6.37. The van der Waals surface area contributed by atoms with Crippen LogP contribution in [0.4, 0.5) is 0 Å². The molecule has 1 aliphatic carbocycles. The van der Waals surface area contributed by atoms with Gasteiger partial charge in [-0.2, -0.15) is 0 Å². The lowest BCUT2D eigenvalue weighted by molar-refractivity contribution is -0.127. The third-order valence-corrected chi connectivity index (χ3v) is 7.32. The average molecular weight is 464 g/mol. The van der Waals surface area contributed by atoms with Gasteiger partial charge in [-0.25, -0.2) is 0 Å². The molecule has 2 amide bonds. The smallest absolute Gasteiger partial charge is 0.220 e. The van der Waals surface area contributed by atoms with Crippen LogP contribution < -0.4 is 10.6 Å². The Kier molecular flexibility index (Phi) is 9.28. The van der Waals surface area contributed by atoms with Gasteiger partial charge in [0.1, 0.15) is 0 Å². The summed E-state index contributed by atoms with van der Waals surface area (Å²) in [6.45, 7) is 4.78. The zero-order chi connectivity index (χ0) is 24.6. The first-order chi connectivity index (χ1) is 16.3. The summed E-state index contributed by atoms with van der Waals surface area (Å²) >= 11 is 0. The number of hydrogen-bond acceptors (Lipinski definition) is 3. The molecule has 0 unspecified atom stereocenters. The van der Waals surface area contributed by atoms with Gasteiger partial charge in [0.2, 0.25) is 11.8 Å². The highest BCUT2D eigenvalue weighted by molar-refractivity contribution is 5.83. The van der Waals surface area contributed by atoms with E-state index in [1.165, 1.54) is 22.3 Å². The molecule has 0 bridgehead atoms. The van der Waals surface area contributed by atoms with Crippen LogP contribution in [-0.4, -0.2) is 48.9 Å². The normalized spacial score (nSPS) is 20.2. The van der Waals surface area contributed by atoms with Crippen LogP contribution in [0.25, 0.3) is 0 Å². The fraction of sp³-hybridized carbons (Fsp3) is 0.517. The van der Waals surface area contributed by atoms with Crippen molar-refractivity contribution in [2.75, 3.05) is 20.6 Å². The van der Waals surface area contributed by atoms with Crippen LogP contribution in [-0.2, 0) is 22.4 Å². The Morgan fingerprint density at radius 3 is 1.94 bits per heavy atom. The minimum atomic E-state index is -0.0596. The quantitative estimate of drug-likeness (QED) is 0.551. The molecule has 1 aliphatic rings. The molecule has 0 aliphatic heterocycles. The summed E-state index contributed by atoms with van der Waals surface area (Å²) in [4.78, 5) is 27.0. The number of carbonyl (C=O) groups is 2. The van der Waals surface area contributed by atoms with Crippen molar-refractivity contribution >= 4 is 11.8 Å². The zero-order valence-electron chi connectivity index (χ0n) is 21.3. The van der Waals surface area contributed by atoms with Crippen molar-refractivity contribution < 1.29 is 9.59 Å². The van der Waals surface area contributed by atoms with Gasteiger partial charge in [-0.15, -0.1) is 0 Å². The molecule has 2 aromatic rings. The number of carbonyl (C=O) groups excluding carboxylic acids is 2. The molecule has 0 radical (unpaired) electrons. The van der Waals surface area contributed by atoms with Gasteiger partial charge in [0, 0.05) is 31.0 Å². The maximum atomic E-state index is 12.5. The van der Waals surface area contributed by atoms with E-state index in [1.54, 1.807) is 0 Å². The van der Waals surface area contributed by atoms with Gasteiger partial charge >= 0.3 is 0 Å². The average Bonchev–Trinajstić information content (AvgIpc) is 2.82. The summed E-state index contributed by atoms with van der Waals surface area (Å²) in [5.41, 5.74) is 5.23. The number of amides is 2. The van der Waals surface area contributed by atoms with E-state index in [0.717, 1.165) is 38.5 Å². The van der Waals surface area contributed by atoms with Gasteiger partial charge in [0.25, 0.3) is 0 Å². The van der Waals surface area contributed by atoms with Crippen molar-refractivity contribution in [2.45, 2.75) is 76.8 Å². The maximum Gasteiger partial charge on any atom is 0.220 e.